The number of benzene rings is 2. The number of fused-ring (bicyclic) bond motifs is 1. The first-order valence-electron chi connectivity index (χ1n) is 9.20. The Morgan fingerprint density at radius 1 is 1.00 bits per heavy atom. The molecule has 142 valence electrons. The first kappa shape index (κ1) is 17.1. The van der Waals surface area contributed by atoms with Crippen molar-refractivity contribution in [3.05, 3.63) is 94.0 Å². The quantitative estimate of drug-likeness (QED) is 0.519. The van der Waals surface area contributed by atoms with Crippen molar-refractivity contribution >= 4 is 23.6 Å². The number of nitrogens with one attached hydrogen (secondary N) is 2. The van der Waals surface area contributed by atoms with E-state index in [1.165, 1.54) is 0 Å². The van der Waals surface area contributed by atoms with Crippen LogP contribution in [0, 0.1) is 0 Å². The van der Waals surface area contributed by atoms with Gasteiger partial charge in [-0.25, -0.2) is 0 Å². The Morgan fingerprint density at radius 2 is 1.90 bits per heavy atom. The maximum atomic E-state index is 12.4. The monoisotopic (exact) mass is 383 g/mol. The molecule has 0 saturated carbocycles. The van der Waals surface area contributed by atoms with Gasteiger partial charge in [0.1, 0.15) is 18.1 Å². The second kappa shape index (κ2) is 7.16. The first-order chi connectivity index (χ1) is 14.3. The number of rotatable bonds is 5. The molecule has 1 aliphatic heterocycles. The summed E-state index contributed by atoms with van der Waals surface area (Å²) in [7, 11) is 0. The molecule has 2 aromatic carbocycles. The van der Waals surface area contributed by atoms with E-state index in [1.54, 1.807) is 30.7 Å². The molecular formula is C23H17N3O3. The van der Waals surface area contributed by atoms with Crippen molar-refractivity contribution in [3.63, 3.8) is 0 Å². The fraction of sp³-hybridized carbons (Fsp3) is 0.0435. The Labute approximate surface area is 166 Å². The van der Waals surface area contributed by atoms with Crippen LogP contribution in [-0.4, -0.2) is 16.4 Å². The van der Waals surface area contributed by atoms with E-state index in [0.717, 1.165) is 28.1 Å². The van der Waals surface area contributed by atoms with E-state index >= 15 is 0 Å². The lowest BCUT2D eigenvalue weighted by Crippen LogP contribution is -2.02. The van der Waals surface area contributed by atoms with Crippen LogP contribution in [0.1, 0.15) is 16.7 Å². The highest BCUT2D eigenvalue weighted by Gasteiger charge is 2.20. The molecule has 0 fully saturated rings. The molecule has 0 radical (unpaired) electrons. The second-order valence-corrected chi connectivity index (χ2v) is 6.63. The summed E-state index contributed by atoms with van der Waals surface area (Å²) in [6, 6.07) is 19.3. The molecule has 4 aromatic rings. The number of H-pyrrole nitrogens is 2. The van der Waals surface area contributed by atoms with Crippen LogP contribution in [0.4, 0.5) is 5.69 Å². The Morgan fingerprint density at radius 3 is 2.72 bits per heavy atom. The number of ether oxygens (including phenoxy) is 1. The fourth-order valence-electron chi connectivity index (χ4n) is 3.36. The zero-order valence-corrected chi connectivity index (χ0v) is 15.4. The summed E-state index contributed by atoms with van der Waals surface area (Å²) >= 11 is 0. The van der Waals surface area contributed by atoms with E-state index in [-0.39, 0.29) is 5.56 Å². The maximum Gasteiger partial charge on any atom is 0.271 e. The van der Waals surface area contributed by atoms with Gasteiger partial charge in [-0.15, -0.1) is 0 Å². The minimum absolute atomic E-state index is 0.228. The zero-order chi connectivity index (χ0) is 19.6. The highest BCUT2D eigenvalue weighted by Crippen LogP contribution is 2.40. The topological polar surface area (TPSA) is 83.4 Å². The van der Waals surface area contributed by atoms with Crippen LogP contribution in [0.5, 0.6) is 5.75 Å². The van der Waals surface area contributed by atoms with Crippen molar-refractivity contribution in [2.45, 2.75) is 6.61 Å². The number of aromatic amines is 2. The molecular weight excluding hydrogens is 366 g/mol. The number of hydrogen-bond acceptors (Lipinski definition) is 4. The lowest BCUT2D eigenvalue weighted by atomic mass is 10.0. The van der Waals surface area contributed by atoms with Gasteiger partial charge in [0, 0.05) is 11.8 Å². The van der Waals surface area contributed by atoms with Gasteiger partial charge < -0.3 is 9.15 Å². The summed E-state index contributed by atoms with van der Waals surface area (Å²) in [6.45, 7) is 0.451. The van der Waals surface area contributed by atoms with Gasteiger partial charge in [-0.2, -0.15) is 0 Å². The summed E-state index contributed by atoms with van der Waals surface area (Å²) in [5.41, 5.74) is 4.42. The molecule has 0 unspecified atom stereocenters. The van der Waals surface area contributed by atoms with Crippen LogP contribution in [0.15, 0.2) is 81.1 Å². The molecule has 0 spiro atoms. The summed E-state index contributed by atoms with van der Waals surface area (Å²) in [5.74, 6) is 1.31. The number of aromatic nitrogens is 2. The normalized spacial score (nSPS) is 13.7. The smallest absolute Gasteiger partial charge is 0.271 e. The lowest BCUT2D eigenvalue weighted by molar-refractivity contribution is 0.305. The van der Waals surface area contributed by atoms with Gasteiger partial charge >= 0.3 is 0 Å². The van der Waals surface area contributed by atoms with Gasteiger partial charge in [0.15, 0.2) is 5.76 Å². The third kappa shape index (κ3) is 3.21. The van der Waals surface area contributed by atoms with Crippen molar-refractivity contribution in [1.29, 1.82) is 0 Å². The third-order valence-corrected chi connectivity index (χ3v) is 4.76. The van der Waals surface area contributed by atoms with E-state index in [9.17, 15) is 4.79 Å². The molecule has 0 amide bonds. The number of aliphatic imine (C=N–C) groups is 1. The number of nitrogens with zero attached hydrogens (tertiary/aromatic N) is 1. The average Bonchev–Trinajstić information content (AvgIpc) is 3.49. The molecule has 29 heavy (non-hydrogen) atoms. The zero-order valence-electron chi connectivity index (χ0n) is 15.4. The summed E-state index contributed by atoms with van der Waals surface area (Å²) in [4.78, 5) is 16.9. The van der Waals surface area contributed by atoms with E-state index in [0.29, 0.717) is 23.6 Å². The average molecular weight is 383 g/mol. The predicted molar refractivity (Wildman–Crippen MR) is 112 cm³/mol. The number of furan rings is 1. The van der Waals surface area contributed by atoms with Crippen LogP contribution in [0.2, 0.25) is 0 Å². The number of hydrogen-bond donors (Lipinski definition) is 2. The minimum atomic E-state index is -0.228. The third-order valence-electron chi connectivity index (χ3n) is 4.76. The van der Waals surface area contributed by atoms with Crippen LogP contribution >= 0.6 is 0 Å². The molecule has 0 aliphatic carbocycles. The fourth-order valence-corrected chi connectivity index (χ4v) is 3.36. The Balaban J connectivity index is 1.53. The Bertz CT molecular complexity index is 1260. The second-order valence-electron chi connectivity index (χ2n) is 6.63. The van der Waals surface area contributed by atoms with Gasteiger partial charge in [0.2, 0.25) is 0 Å². The molecule has 3 heterocycles. The van der Waals surface area contributed by atoms with Crippen molar-refractivity contribution < 1.29 is 9.15 Å². The molecule has 0 bridgehead atoms. The summed E-state index contributed by atoms with van der Waals surface area (Å²) in [6.07, 6.45) is 5.12. The SMILES string of the molecule is O=c1[nH][nH]c(-c2ccco2)c1/C=C1\C=Nc2cccc(OCc3ccccc3)c21. The van der Waals surface area contributed by atoms with Crippen molar-refractivity contribution in [3.8, 4) is 17.2 Å². The molecule has 0 saturated heterocycles. The molecule has 2 aromatic heterocycles. The van der Waals surface area contributed by atoms with Gasteiger partial charge in [-0.05, 0) is 35.9 Å². The largest absolute Gasteiger partial charge is 0.488 e. The molecule has 2 N–H and O–H groups in total. The van der Waals surface area contributed by atoms with Gasteiger partial charge in [0.25, 0.3) is 5.56 Å². The predicted octanol–water partition coefficient (Wildman–Crippen LogP) is 4.80. The van der Waals surface area contributed by atoms with Gasteiger partial charge in [-0.1, -0.05) is 36.4 Å². The molecule has 0 atom stereocenters. The Kier molecular flexibility index (Phi) is 4.22. The van der Waals surface area contributed by atoms with Crippen molar-refractivity contribution in [2.75, 3.05) is 0 Å². The van der Waals surface area contributed by atoms with Gasteiger partial charge in [0.05, 0.1) is 23.1 Å². The van der Waals surface area contributed by atoms with E-state index in [2.05, 4.69) is 15.2 Å². The van der Waals surface area contributed by atoms with E-state index < -0.39 is 0 Å². The number of allylic oxidation sites excluding steroid dienone is 1. The first-order valence-corrected chi connectivity index (χ1v) is 9.20. The minimum Gasteiger partial charge on any atom is -0.488 e. The van der Waals surface area contributed by atoms with Crippen LogP contribution in [0.3, 0.4) is 0 Å². The summed E-state index contributed by atoms with van der Waals surface area (Å²) in [5, 5.41) is 5.51. The molecule has 1 aliphatic rings. The van der Waals surface area contributed by atoms with Crippen LogP contribution < -0.4 is 10.3 Å². The standard InChI is InChI=1S/C23H17N3O3/c27-23-17(22(25-26-23)20-10-5-11-28-20)12-16-13-24-18-8-4-9-19(21(16)18)29-14-15-6-2-1-3-7-15/h1-13H,14H2,(H2,25,26,27)/b16-12+. The van der Waals surface area contributed by atoms with Gasteiger partial charge in [-0.3, -0.25) is 20.0 Å². The Hall–Kier alpha value is -4.06. The van der Waals surface area contributed by atoms with Crippen molar-refractivity contribution in [2.24, 2.45) is 4.99 Å². The van der Waals surface area contributed by atoms with Crippen molar-refractivity contribution in [1.82, 2.24) is 10.2 Å². The molecule has 6 nitrogen and oxygen atoms in total. The molecule has 6 heteroatoms. The van der Waals surface area contributed by atoms with Crippen LogP contribution in [-0.2, 0) is 6.61 Å². The lowest BCUT2D eigenvalue weighted by Gasteiger charge is -2.11. The van der Waals surface area contributed by atoms with Crippen LogP contribution in [0.25, 0.3) is 23.1 Å². The highest BCUT2D eigenvalue weighted by atomic mass is 16.5. The van der Waals surface area contributed by atoms with E-state index in [4.69, 9.17) is 9.15 Å². The highest BCUT2D eigenvalue weighted by molar-refractivity contribution is 6.22. The maximum absolute atomic E-state index is 12.4. The molecule has 5 rings (SSSR count). The summed E-state index contributed by atoms with van der Waals surface area (Å²) < 4.78 is 11.5. The van der Waals surface area contributed by atoms with E-state index in [1.807, 2.05) is 48.5 Å².